The fourth-order valence-electron chi connectivity index (χ4n) is 1.89. The van der Waals surface area contributed by atoms with Gasteiger partial charge in [0.05, 0.1) is 19.9 Å². The number of halogens is 3. The zero-order valence-electron chi connectivity index (χ0n) is 12.9. The number of carbonyl (C=O) groups is 1. The van der Waals surface area contributed by atoms with Gasteiger partial charge in [0, 0.05) is 12.1 Å². The molecule has 1 heterocycles. The fraction of sp³-hybridized carbons (Fsp3) is 0.286. The summed E-state index contributed by atoms with van der Waals surface area (Å²) in [6, 6.07) is 2.93. The molecule has 0 radical (unpaired) electrons. The fourth-order valence-corrected chi connectivity index (χ4v) is 1.89. The summed E-state index contributed by atoms with van der Waals surface area (Å²) in [5.74, 6) is 0.438. The summed E-state index contributed by atoms with van der Waals surface area (Å²) in [5, 5.41) is 7.40. The highest BCUT2D eigenvalue weighted by molar-refractivity contribution is 6.00. The average Bonchev–Trinajstić information content (AvgIpc) is 2.96. The van der Waals surface area contributed by atoms with Gasteiger partial charge in [-0.25, -0.2) is 4.79 Å². The Morgan fingerprint density at radius 1 is 1.12 bits per heavy atom. The molecule has 2 N–H and O–H groups in total. The van der Waals surface area contributed by atoms with Crippen LogP contribution in [-0.4, -0.2) is 25.4 Å². The largest absolute Gasteiger partial charge is 0.496 e. The molecule has 2 rings (SSSR count). The molecule has 0 aliphatic heterocycles. The molecule has 0 atom stereocenters. The number of nitrogens with zero attached hydrogens (tertiary/aromatic N) is 1. The Morgan fingerprint density at radius 3 is 2.33 bits per heavy atom. The maximum Gasteiger partial charge on any atom is 0.436 e. The highest BCUT2D eigenvalue weighted by Crippen LogP contribution is 2.33. The zero-order chi connectivity index (χ0) is 17.9. The number of benzene rings is 1. The smallest absolute Gasteiger partial charge is 0.436 e. The first-order chi connectivity index (χ1) is 11.2. The number of nitrogens with one attached hydrogen (secondary N) is 2. The van der Waals surface area contributed by atoms with Crippen molar-refractivity contribution in [3.63, 3.8) is 0 Å². The second-order valence-corrected chi connectivity index (χ2v) is 4.68. The van der Waals surface area contributed by atoms with Gasteiger partial charge >= 0.3 is 12.2 Å². The van der Waals surface area contributed by atoms with Crippen LogP contribution in [0.3, 0.4) is 0 Å². The minimum atomic E-state index is -4.66. The molecule has 0 unspecified atom stereocenters. The van der Waals surface area contributed by atoms with Crippen LogP contribution in [0.2, 0.25) is 0 Å². The molecule has 0 aliphatic carbocycles. The summed E-state index contributed by atoms with van der Waals surface area (Å²) in [5.41, 5.74) is -0.202. The first-order valence-electron chi connectivity index (χ1n) is 6.59. The number of anilines is 2. The monoisotopic (exact) mass is 345 g/mol. The van der Waals surface area contributed by atoms with Crippen LogP contribution in [0, 0.1) is 6.92 Å². The average molecular weight is 345 g/mol. The highest BCUT2D eigenvalue weighted by atomic mass is 19.4. The highest BCUT2D eigenvalue weighted by Gasteiger charge is 2.35. The zero-order valence-corrected chi connectivity index (χ0v) is 12.9. The van der Waals surface area contributed by atoms with E-state index in [-0.39, 0.29) is 0 Å². The number of alkyl halides is 3. The molecular formula is C14H14F3N3O4. The molecule has 0 fully saturated rings. The summed E-state index contributed by atoms with van der Waals surface area (Å²) in [6.07, 6.45) is -4.66. The van der Waals surface area contributed by atoms with Crippen molar-refractivity contribution >= 4 is 17.6 Å². The van der Waals surface area contributed by atoms with E-state index in [1.807, 2.05) is 0 Å². The van der Waals surface area contributed by atoms with Crippen molar-refractivity contribution < 1.29 is 32.0 Å². The van der Waals surface area contributed by atoms with Gasteiger partial charge in [0.25, 0.3) is 0 Å². The van der Waals surface area contributed by atoms with Crippen molar-refractivity contribution in [1.82, 2.24) is 5.16 Å². The Hall–Kier alpha value is -2.91. The molecule has 130 valence electrons. The van der Waals surface area contributed by atoms with Crippen molar-refractivity contribution in [3.8, 4) is 11.5 Å². The maximum atomic E-state index is 12.4. The molecule has 2 amide bonds. The van der Waals surface area contributed by atoms with E-state index in [9.17, 15) is 18.0 Å². The number of ether oxygens (including phenoxy) is 2. The molecule has 2 aromatic rings. The molecule has 0 bridgehead atoms. The van der Waals surface area contributed by atoms with Crippen molar-refractivity contribution in [1.29, 1.82) is 0 Å². The third-order valence-corrected chi connectivity index (χ3v) is 3.00. The molecule has 7 nitrogen and oxygen atoms in total. The van der Waals surface area contributed by atoms with E-state index in [1.54, 1.807) is 19.1 Å². The lowest BCUT2D eigenvalue weighted by atomic mass is 10.2. The van der Waals surface area contributed by atoms with Gasteiger partial charge < -0.3 is 19.3 Å². The van der Waals surface area contributed by atoms with Crippen molar-refractivity contribution in [2.24, 2.45) is 0 Å². The second-order valence-electron chi connectivity index (χ2n) is 4.68. The van der Waals surface area contributed by atoms with E-state index in [4.69, 9.17) is 9.47 Å². The molecule has 1 aromatic carbocycles. The van der Waals surface area contributed by atoms with Gasteiger partial charge in [0.1, 0.15) is 11.5 Å². The standard InChI is InChI=1S/C14H14F3N3O4/c1-7-4-8(10(23-3)5-9(7)22-2)18-13(21)19-12-6-11(20-24-12)14(15,16)17/h4-6H,1-3H3,(H2,18,19,21). The summed E-state index contributed by atoms with van der Waals surface area (Å²) in [4.78, 5) is 11.9. The third-order valence-electron chi connectivity index (χ3n) is 3.00. The normalized spacial score (nSPS) is 11.1. The van der Waals surface area contributed by atoms with Crippen LogP contribution in [0.25, 0.3) is 0 Å². The Morgan fingerprint density at radius 2 is 1.79 bits per heavy atom. The number of carbonyl (C=O) groups excluding carboxylic acids is 1. The maximum absolute atomic E-state index is 12.4. The van der Waals surface area contributed by atoms with E-state index < -0.39 is 23.8 Å². The quantitative estimate of drug-likeness (QED) is 0.883. The molecule has 1 aromatic heterocycles. The minimum absolute atomic E-state index is 0.309. The summed E-state index contributed by atoms with van der Waals surface area (Å²) in [6.45, 7) is 1.76. The van der Waals surface area contributed by atoms with Crippen molar-refractivity contribution in [2.75, 3.05) is 24.9 Å². The van der Waals surface area contributed by atoms with Gasteiger partial charge in [-0.2, -0.15) is 13.2 Å². The Bertz CT molecular complexity index is 743. The number of aryl methyl sites for hydroxylation is 1. The number of amides is 2. The van der Waals surface area contributed by atoms with Gasteiger partial charge in [0.2, 0.25) is 5.88 Å². The Labute approximate surface area is 134 Å². The summed E-state index contributed by atoms with van der Waals surface area (Å²) >= 11 is 0. The Balaban J connectivity index is 2.12. The molecule has 0 spiro atoms. The molecule has 0 aliphatic rings. The second kappa shape index (κ2) is 6.69. The molecule has 10 heteroatoms. The van der Waals surface area contributed by atoms with E-state index in [1.165, 1.54) is 14.2 Å². The SMILES string of the molecule is COc1cc(OC)c(NC(=O)Nc2cc(C(F)(F)F)no2)cc1C. The topological polar surface area (TPSA) is 85.6 Å². The summed E-state index contributed by atoms with van der Waals surface area (Å²) in [7, 11) is 2.89. The number of hydrogen-bond donors (Lipinski definition) is 2. The van der Waals surface area contributed by atoms with Crippen molar-refractivity contribution in [3.05, 3.63) is 29.5 Å². The van der Waals surface area contributed by atoms with Crippen LogP contribution < -0.4 is 20.1 Å². The van der Waals surface area contributed by atoms with Crippen LogP contribution in [0.15, 0.2) is 22.7 Å². The Kier molecular flexibility index (Phi) is 4.86. The van der Waals surface area contributed by atoms with Gasteiger partial charge in [-0.1, -0.05) is 5.16 Å². The van der Waals surface area contributed by atoms with Crippen LogP contribution >= 0.6 is 0 Å². The first-order valence-corrected chi connectivity index (χ1v) is 6.59. The minimum Gasteiger partial charge on any atom is -0.496 e. The number of urea groups is 1. The number of aromatic nitrogens is 1. The van der Waals surface area contributed by atoms with Gasteiger partial charge in [-0.05, 0) is 18.6 Å². The van der Waals surface area contributed by atoms with Crippen LogP contribution in [0.4, 0.5) is 29.5 Å². The van der Waals surface area contributed by atoms with Gasteiger partial charge in [-0.3, -0.25) is 5.32 Å². The number of hydrogen-bond acceptors (Lipinski definition) is 5. The predicted octanol–water partition coefficient (Wildman–Crippen LogP) is 3.66. The number of methoxy groups -OCH3 is 2. The van der Waals surface area contributed by atoms with Crippen molar-refractivity contribution in [2.45, 2.75) is 13.1 Å². The van der Waals surface area contributed by atoms with E-state index in [0.717, 1.165) is 5.56 Å². The number of rotatable bonds is 4. The lowest BCUT2D eigenvalue weighted by Gasteiger charge is -2.13. The van der Waals surface area contributed by atoms with E-state index >= 15 is 0 Å². The lowest BCUT2D eigenvalue weighted by Crippen LogP contribution is -2.19. The van der Waals surface area contributed by atoms with Gasteiger partial charge in [-0.15, -0.1) is 0 Å². The molecular weight excluding hydrogens is 331 g/mol. The van der Waals surface area contributed by atoms with E-state index in [2.05, 4.69) is 20.3 Å². The molecule has 0 saturated carbocycles. The van der Waals surface area contributed by atoms with Gasteiger partial charge in [0.15, 0.2) is 5.69 Å². The summed E-state index contributed by atoms with van der Waals surface area (Å²) < 4.78 is 52.0. The van der Waals surface area contributed by atoms with E-state index in [0.29, 0.717) is 23.3 Å². The van der Waals surface area contributed by atoms with Crippen LogP contribution in [0.5, 0.6) is 11.5 Å². The first kappa shape index (κ1) is 17.4. The third kappa shape index (κ3) is 3.89. The molecule has 0 saturated heterocycles. The van der Waals surface area contributed by atoms with Crippen LogP contribution in [0.1, 0.15) is 11.3 Å². The lowest BCUT2D eigenvalue weighted by molar-refractivity contribution is -0.142. The van der Waals surface area contributed by atoms with Crippen LogP contribution in [-0.2, 0) is 6.18 Å². The molecule has 24 heavy (non-hydrogen) atoms. The predicted molar refractivity (Wildman–Crippen MR) is 78.4 cm³/mol.